The van der Waals surface area contributed by atoms with Crippen LogP contribution in [0.2, 0.25) is 0 Å². The van der Waals surface area contributed by atoms with Crippen LogP contribution in [0.25, 0.3) is 0 Å². The van der Waals surface area contributed by atoms with Crippen molar-refractivity contribution in [1.29, 1.82) is 0 Å². The predicted molar refractivity (Wildman–Crippen MR) is 72.9 cm³/mol. The average molecular weight is 270 g/mol. The maximum Gasteiger partial charge on any atom is 0.219 e. The Kier molecular flexibility index (Phi) is 5.19. The van der Waals surface area contributed by atoms with E-state index < -0.39 is 6.10 Å². The highest BCUT2D eigenvalue weighted by atomic mass is 16.5. The van der Waals surface area contributed by atoms with Crippen molar-refractivity contribution in [2.24, 2.45) is 0 Å². The first kappa shape index (κ1) is 14.8. The zero-order valence-corrected chi connectivity index (χ0v) is 12.0. The number of carbonyl (C=O) groups excluding carboxylic acids is 1. The van der Waals surface area contributed by atoms with Crippen LogP contribution in [0, 0.1) is 0 Å². The van der Waals surface area contributed by atoms with Gasteiger partial charge in [-0.2, -0.15) is 0 Å². The summed E-state index contributed by atoms with van der Waals surface area (Å²) in [6.07, 6.45) is 4.14. The van der Waals surface area contributed by atoms with E-state index in [1.807, 2.05) is 4.90 Å². The number of carbonyl (C=O) groups is 1. The van der Waals surface area contributed by atoms with Crippen LogP contribution in [0.1, 0.15) is 32.6 Å². The quantitative estimate of drug-likeness (QED) is 0.730. The van der Waals surface area contributed by atoms with Crippen LogP contribution in [0.3, 0.4) is 0 Å². The van der Waals surface area contributed by atoms with E-state index in [1.54, 1.807) is 14.0 Å². The van der Waals surface area contributed by atoms with Gasteiger partial charge in [-0.3, -0.25) is 9.69 Å². The number of likely N-dealkylation sites (tertiary alicyclic amines) is 1. The van der Waals surface area contributed by atoms with E-state index in [9.17, 15) is 9.90 Å². The molecule has 1 unspecified atom stereocenters. The number of ether oxygens (including phenoxy) is 1. The molecule has 110 valence electrons. The lowest BCUT2D eigenvalue weighted by atomic mass is 10.2. The molecule has 2 atom stereocenters. The molecule has 1 N–H and O–H groups in total. The van der Waals surface area contributed by atoms with Gasteiger partial charge in [0.05, 0.1) is 12.7 Å². The SMILES string of the molecule is COC[C@H](O)CN1CCCC1CN(C(C)=O)C1CC1. The minimum absolute atomic E-state index is 0.187. The molecule has 5 heteroatoms. The number of nitrogens with zero attached hydrogens (tertiary/aromatic N) is 2. The van der Waals surface area contributed by atoms with Gasteiger partial charge in [-0.1, -0.05) is 0 Å². The van der Waals surface area contributed by atoms with Crippen molar-refractivity contribution in [1.82, 2.24) is 9.80 Å². The second kappa shape index (κ2) is 6.68. The lowest BCUT2D eigenvalue weighted by Gasteiger charge is -2.31. The summed E-state index contributed by atoms with van der Waals surface area (Å²) >= 11 is 0. The summed E-state index contributed by atoms with van der Waals surface area (Å²) < 4.78 is 4.98. The van der Waals surface area contributed by atoms with Gasteiger partial charge in [0.15, 0.2) is 0 Å². The van der Waals surface area contributed by atoms with Gasteiger partial charge < -0.3 is 14.7 Å². The molecule has 1 heterocycles. The Hall–Kier alpha value is -0.650. The fourth-order valence-electron chi connectivity index (χ4n) is 3.01. The smallest absolute Gasteiger partial charge is 0.219 e. The Bertz CT molecular complexity index is 307. The molecule has 0 aromatic rings. The molecule has 0 bridgehead atoms. The second-order valence-corrected chi connectivity index (χ2v) is 5.80. The molecule has 19 heavy (non-hydrogen) atoms. The highest BCUT2D eigenvalue weighted by Gasteiger charge is 2.35. The average Bonchev–Trinajstić information content (AvgIpc) is 3.09. The summed E-state index contributed by atoms with van der Waals surface area (Å²) in [4.78, 5) is 16.0. The van der Waals surface area contributed by atoms with E-state index >= 15 is 0 Å². The van der Waals surface area contributed by atoms with E-state index in [1.165, 1.54) is 0 Å². The molecule has 5 nitrogen and oxygen atoms in total. The third-order valence-electron chi connectivity index (χ3n) is 4.10. The van der Waals surface area contributed by atoms with E-state index in [4.69, 9.17) is 4.74 Å². The largest absolute Gasteiger partial charge is 0.389 e. The van der Waals surface area contributed by atoms with E-state index in [0.717, 1.165) is 38.8 Å². The molecule has 2 rings (SSSR count). The van der Waals surface area contributed by atoms with Crippen LogP contribution in [-0.2, 0) is 9.53 Å². The summed E-state index contributed by atoms with van der Waals surface area (Å²) in [6.45, 7) is 4.52. The summed E-state index contributed by atoms with van der Waals surface area (Å²) in [7, 11) is 1.61. The zero-order valence-electron chi connectivity index (χ0n) is 12.0. The van der Waals surface area contributed by atoms with Gasteiger partial charge in [-0.25, -0.2) is 0 Å². The molecule has 0 aromatic heterocycles. The Morgan fingerprint density at radius 3 is 2.79 bits per heavy atom. The van der Waals surface area contributed by atoms with Crippen molar-refractivity contribution in [3.05, 3.63) is 0 Å². The van der Waals surface area contributed by atoms with Crippen LogP contribution >= 0.6 is 0 Å². The monoisotopic (exact) mass is 270 g/mol. The fraction of sp³-hybridized carbons (Fsp3) is 0.929. The normalized spacial score (nSPS) is 25.5. The summed E-state index contributed by atoms with van der Waals surface area (Å²) in [5.74, 6) is 0.187. The lowest BCUT2D eigenvalue weighted by molar-refractivity contribution is -0.130. The Balaban J connectivity index is 1.85. The molecular formula is C14H26N2O3. The highest BCUT2D eigenvalue weighted by molar-refractivity contribution is 5.74. The number of hydrogen-bond acceptors (Lipinski definition) is 4. The number of aliphatic hydroxyl groups is 1. The van der Waals surface area contributed by atoms with Crippen LogP contribution in [-0.4, -0.2) is 72.4 Å². The van der Waals surface area contributed by atoms with Crippen molar-refractivity contribution in [3.63, 3.8) is 0 Å². The molecule has 0 spiro atoms. The van der Waals surface area contributed by atoms with E-state index in [2.05, 4.69) is 4.90 Å². The van der Waals surface area contributed by atoms with Crippen LogP contribution in [0.5, 0.6) is 0 Å². The Morgan fingerprint density at radius 2 is 2.21 bits per heavy atom. The zero-order chi connectivity index (χ0) is 13.8. The van der Waals surface area contributed by atoms with Crippen LogP contribution in [0.4, 0.5) is 0 Å². The number of rotatable bonds is 7. The maximum absolute atomic E-state index is 11.7. The topological polar surface area (TPSA) is 53.0 Å². The van der Waals surface area contributed by atoms with E-state index in [0.29, 0.717) is 25.2 Å². The number of aliphatic hydroxyl groups excluding tert-OH is 1. The lowest BCUT2D eigenvalue weighted by Crippen LogP contribution is -2.46. The van der Waals surface area contributed by atoms with Crippen molar-refractivity contribution >= 4 is 5.91 Å². The predicted octanol–water partition coefficient (Wildman–Crippen LogP) is 0.469. The van der Waals surface area contributed by atoms with Crippen molar-refractivity contribution in [2.75, 3.05) is 33.4 Å². The summed E-state index contributed by atoms with van der Waals surface area (Å²) in [5.41, 5.74) is 0. The molecule has 2 aliphatic rings. The maximum atomic E-state index is 11.7. The van der Waals surface area contributed by atoms with Gasteiger partial charge in [0.2, 0.25) is 5.91 Å². The molecule has 1 saturated carbocycles. The fourth-order valence-corrected chi connectivity index (χ4v) is 3.01. The first-order valence-corrected chi connectivity index (χ1v) is 7.30. The van der Waals surface area contributed by atoms with E-state index in [-0.39, 0.29) is 5.91 Å². The second-order valence-electron chi connectivity index (χ2n) is 5.80. The third kappa shape index (κ3) is 4.16. The molecule has 0 aromatic carbocycles. The first-order valence-electron chi connectivity index (χ1n) is 7.30. The Morgan fingerprint density at radius 1 is 1.47 bits per heavy atom. The van der Waals surface area contributed by atoms with Gasteiger partial charge in [-0.05, 0) is 32.2 Å². The van der Waals surface area contributed by atoms with Crippen molar-refractivity contribution < 1.29 is 14.6 Å². The minimum atomic E-state index is -0.433. The number of methoxy groups -OCH3 is 1. The standard InChI is InChI=1S/C14H26N2O3/c1-11(17)16(12-5-6-12)8-13-4-3-7-15(13)9-14(18)10-19-2/h12-14,18H,3-10H2,1-2H3/t13?,14-/m1/s1. The van der Waals surface area contributed by atoms with Crippen LogP contribution < -0.4 is 0 Å². The van der Waals surface area contributed by atoms with Gasteiger partial charge in [-0.15, -0.1) is 0 Å². The minimum Gasteiger partial charge on any atom is -0.389 e. The molecule has 1 aliphatic heterocycles. The number of amides is 1. The molecule has 0 radical (unpaired) electrons. The molecule has 1 aliphatic carbocycles. The molecule has 1 saturated heterocycles. The molecule has 2 fully saturated rings. The Labute approximate surface area is 115 Å². The van der Waals surface area contributed by atoms with Gasteiger partial charge in [0.1, 0.15) is 0 Å². The number of β-amino-alcohol motifs (C(OH)–C–C–N with tert-alkyl or cyclic N) is 1. The van der Waals surface area contributed by atoms with Gasteiger partial charge in [0, 0.05) is 39.2 Å². The van der Waals surface area contributed by atoms with Gasteiger partial charge >= 0.3 is 0 Å². The third-order valence-corrected chi connectivity index (χ3v) is 4.10. The molecular weight excluding hydrogens is 244 g/mol. The van der Waals surface area contributed by atoms with Crippen LogP contribution in [0.15, 0.2) is 0 Å². The number of hydrogen-bond donors (Lipinski definition) is 1. The summed E-state index contributed by atoms with van der Waals surface area (Å²) in [6, 6.07) is 0.875. The van der Waals surface area contributed by atoms with Gasteiger partial charge in [0.25, 0.3) is 0 Å². The highest BCUT2D eigenvalue weighted by Crippen LogP contribution is 2.29. The van der Waals surface area contributed by atoms with Crippen molar-refractivity contribution in [2.45, 2.75) is 50.8 Å². The van der Waals surface area contributed by atoms with Crippen molar-refractivity contribution in [3.8, 4) is 0 Å². The first-order chi connectivity index (χ1) is 9.11. The summed E-state index contributed by atoms with van der Waals surface area (Å²) in [5, 5.41) is 9.84. The molecule has 1 amide bonds.